The van der Waals surface area contributed by atoms with Crippen LogP contribution in [0.5, 0.6) is 0 Å². The van der Waals surface area contributed by atoms with Gasteiger partial charge in [-0.2, -0.15) is 19.6 Å². The number of aromatic nitrogens is 4. The summed E-state index contributed by atoms with van der Waals surface area (Å²) < 4.78 is 17.3. The smallest absolute Gasteiger partial charge is 0.255 e. The third kappa shape index (κ3) is 5.24. The van der Waals surface area contributed by atoms with Crippen LogP contribution in [0.1, 0.15) is 51.7 Å². The molecule has 0 saturated carbocycles. The maximum absolute atomic E-state index is 15.7. The zero-order valence-corrected chi connectivity index (χ0v) is 21.1. The van der Waals surface area contributed by atoms with Crippen LogP contribution >= 0.6 is 11.6 Å². The highest BCUT2D eigenvalue weighted by Gasteiger charge is 2.32. The van der Waals surface area contributed by atoms with Crippen molar-refractivity contribution in [3.05, 3.63) is 53.2 Å². The Hall–Kier alpha value is -2.95. The third-order valence-electron chi connectivity index (χ3n) is 5.91. The Labute approximate surface area is 205 Å². The van der Waals surface area contributed by atoms with Gasteiger partial charge in [-0.05, 0) is 43.4 Å². The molecule has 1 atom stereocenters. The number of aryl methyl sites for hydroxylation is 1. The van der Waals surface area contributed by atoms with E-state index in [9.17, 15) is 0 Å². The van der Waals surface area contributed by atoms with Gasteiger partial charge in [-0.25, -0.2) is 4.39 Å². The van der Waals surface area contributed by atoms with Crippen LogP contribution in [0.3, 0.4) is 0 Å². The minimum atomic E-state index is -0.446. The quantitative estimate of drug-likeness (QED) is 0.210. The van der Waals surface area contributed by atoms with Gasteiger partial charge in [0.05, 0.1) is 5.56 Å². The summed E-state index contributed by atoms with van der Waals surface area (Å²) in [7, 11) is 0. The van der Waals surface area contributed by atoms with E-state index >= 15 is 4.39 Å². The number of halogens is 2. The molecule has 0 bridgehead atoms. The standard InChI is InChI=1S/C26H31ClFN5O/c1-7-12-32(18(3)26(4,5)6)24-22(23(27)31-25-29-16-30-33(24)25)21-17(2)14-19(15-20(21)28)11-9-8-10-13-34/h7,14-16,18,34H,1,8,10,12-13H2,2-6H3/t18-/m1/s1. The van der Waals surface area contributed by atoms with Crippen molar-refractivity contribution >= 4 is 23.2 Å². The molecule has 0 saturated heterocycles. The second-order valence-corrected chi connectivity index (χ2v) is 9.69. The molecule has 1 aromatic carbocycles. The molecule has 0 amide bonds. The van der Waals surface area contributed by atoms with Crippen LogP contribution in [0.15, 0.2) is 31.1 Å². The first kappa shape index (κ1) is 25.7. The maximum atomic E-state index is 15.7. The maximum Gasteiger partial charge on any atom is 0.255 e. The lowest BCUT2D eigenvalue weighted by atomic mass is 9.86. The molecule has 180 valence electrons. The molecule has 0 aliphatic rings. The predicted octanol–water partition coefficient (Wildman–Crippen LogP) is 5.44. The van der Waals surface area contributed by atoms with Crippen molar-refractivity contribution in [1.29, 1.82) is 0 Å². The van der Waals surface area contributed by atoms with E-state index in [4.69, 9.17) is 16.7 Å². The molecule has 2 heterocycles. The van der Waals surface area contributed by atoms with E-state index in [2.05, 4.69) is 66.1 Å². The van der Waals surface area contributed by atoms with Gasteiger partial charge in [0.1, 0.15) is 23.1 Å². The van der Waals surface area contributed by atoms with Crippen molar-refractivity contribution in [2.24, 2.45) is 5.41 Å². The monoisotopic (exact) mass is 483 g/mol. The first-order valence-corrected chi connectivity index (χ1v) is 11.6. The molecule has 1 N–H and O–H groups in total. The van der Waals surface area contributed by atoms with E-state index in [-0.39, 0.29) is 23.2 Å². The number of nitrogens with zero attached hydrogens (tertiary/aromatic N) is 5. The second-order valence-electron chi connectivity index (χ2n) is 9.34. The number of fused-ring (bicyclic) bond motifs is 1. The van der Waals surface area contributed by atoms with E-state index in [1.807, 2.05) is 13.0 Å². The lowest BCUT2D eigenvalue weighted by molar-refractivity contribution is 0.290. The Bertz CT molecular complexity index is 1230. The van der Waals surface area contributed by atoms with Crippen molar-refractivity contribution in [1.82, 2.24) is 19.6 Å². The van der Waals surface area contributed by atoms with Gasteiger partial charge in [0.2, 0.25) is 0 Å². The van der Waals surface area contributed by atoms with Gasteiger partial charge in [-0.1, -0.05) is 50.3 Å². The fourth-order valence-electron chi connectivity index (χ4n) is 3.78. The Morgan fingerprint density at radius 1 is 1.32 bits per heavy atom. The Kier molecular flexibility index (Phi) is 7.96. The van der Waals surface area contributed by atoms with Gasteiger partial charge in [-0.3, -0.25) is 0 Å². The van der Waals surface area contributed by atoms with Crippen molar-refractivity contribution in [3.8, 4) is 23.0 Å². The predicted molar refractivity (Wildman–Crippen MR) is 136 cm³/mol. The molecule has 34 heavy (non-hydrogen) atoms. The number of hydrogen-bond donors (Lipinski definition) is 1. The SMILES string of the molecule is C=CCN(c1c(-c2c(C)cc(C#CCCCO)cc2F)c(Cl)nc2ncnn12)[C@H](C)C(C)(C)C. The summed E-state index contributed by atoms with van der Waals surface area (Å²) in [5.74, 6) is 6.44. The Balaban J connectivity index is 2.29. The van der Waals surface area contributed by atoms with Crippen LogP contribution in [-0.2, 0) is 0 Å². The fourth-order valence-corrected chi connectivity index (χ4v) is 4.04. The molecule has 2 aromatic heterocycles. The zero-order chi connectivity index (χ0) is 25.0. The van der Waals surface area contributed by atoms with E-state index in [1.165, 1.54) is 12.4 Å². The average Bonchev–Trinajstić information content (AvgIpc) is 3.22. The molecule has 3 rings (SSSR count). The van der Waals surface area contributed by atoms with Crippen molar-refractivity contribution < 1.29 is 9.50 Å². The molecular weight excluding hydrogens is 453 g/mol. The molecule has 3 aromatic rings. The molecule has 0 fully saturated rings. The van der Waals surface area contributed by atoms with Crippen LogP contribution in [0, 0.1) is 30.0 Å². The highest BCUT2D eigenvalue weighted by Crippen LogP contribution is 2.41. The van der Waals surface area contributed by atoms with E-state index in [1.54, 1.807) is 10.6 Å². The van der Waals surface area contributed by atoms with Gasteiger partial charge < -0.3 is 10.0 Å². The van der Waals surface area contributed by atoms with Gasteiger partial charge in [0, 0.05) is 36.7 Å². The molecule has 0 spiro atoms. The first-order valence-electron chi connectivity index (χ1n) is 11.3. The fraction of sp³-hybridized carbons (Fsp3) is 0.423. The minimum Gasteiger partial charge on any atom is -0.396 e. The number of rotatable bonds is 7. The average molecular weight is 484 g/mol. The summed E-state index contributed by atoms with van der Waals surface area (Å²) in [5, 5.41) is 13.5. The Morgan fingerprint density at radius 2 is 2.06 bits per heavy atom. The number of unbranched alkanes of at least 4 members (excludes halogenated alkanes) is 1. The summed E-state index contributed by atoms with van der Waals surface area (Å²) in [5.41, 5.74) is 1.94. The van der Waals surface area contributed by atoms with E-state index < -0.39 is 5.82 Å². The summed E-state index contributed by atoms with van der Waals surface area (Å²) in [6.45, 7) is 14.9. The summed E-state index contributed by atoms with van der Waals surface area (Å²) in [6, 6.07) is 3.27. The first-order chi connectivity index (χ1) is 16.1. The van der Waals surface area contributed by atoms with Crippen LogP contribution in [-0.4, -0.2) is 43.9 Å². The van der Waals surface area contributed by atoms with Crippen LogP contribution in [0.25, 0.3) is 16.9 Å². The number of aliphatic hydroxyl groups excluding tert-OH is 1. The van der Waals surface area contributed by atoms with Crippen LogP contribution < -0.4 is 4.90 Å². The second kappa shape index (κ2) is 10.5. The summed E-state index contributed by atoms with van der Waals surface area (Å²) >= 11 is 6.70. The number of aliphatic hydroxyl groups is 1. The molecule has 0 aliphatic carbocycles. The molecular formula is C26H31ClFN5O. The van der Waals surface area contributed by atoms with Gasteiger partial charge >= 0.3 is 0 Å². The lowest BCUT2D eigenvalue weighted by Crippen LogP contribution is -2.43. The van der Waals surface area contributed by atoms with Crippen LogP contribution in [0.2, 0.25) is 5.15 Å². The molecule has 8 heteroatoms. The minimum absolute atomic E-state index is 0.0233. The number of benzene rings is 1. The van der Waals surface area contributed by atoms with E-state index in [0.717, 1.165) is 0 Å². The molecule has 6 nitrogen and oxygen atoms in total. The molecule has 0 aliphatic heterocycles. The van der Waals surface area contributed by atoms with Crippen LogP contribution in [0.4, 0.5) is 10.2 Å². The van der Waals surface area contributed by atoms with Crippen molar-refractivity contribution in [3.63, 3.8) is 0 Å². The summed E-state index contributed by atoms with van der Waals surface area (Å²) in [4.78, 5) is 10.7. The van der Waals surface area contributed by atoms with Crippen molar-refractivity contribution in [2.75, 3.05) is 18.1 Å². The normalized spacial score (nSPS) is 12.4. The molecule has 0 unspecified atom stereocenters. The highest BCUT2D eigenvalue weighted by molar-refractivity contribution is 6.33. The largest absolute Gasteiger partial charge is 0.396 e. The van der Waals surface area contributed by atoms with Gasteiger partial charge in [0.25, 0.3) is 5.78 Å². The van der Waals surface area contributed by atoms with Gasteiger partial charge in [0.15, 0.2) is 0 Å². The highest BCUT2D eigenvalue weighted by atomic mass is 35.5. The van der Waals surface area contributed by atoms with Gasteiger partial charge in [-0.15, -0.1) is 6.58 Å². The zero-order valence-electron chi connectivity index (χ0n) is 20.4. The van der Waals surface area contributed by atoms with Crippen molar-refractivity contribution in [2.45, 2.75) is 53.5 Å². The Morgan fingerprint density at radius 3 is 2.68 bits per heavy atom. The topological polar surface area (TPSA) is 66.5 Å². The molecule has 0 radical (unpaired) electrons. The number of hydrogen-bond acceptors (Lipinski definition) is 5. The third-order valence-corrected chi connectivity index (χ3v) is 6.18. The lowest BCUT2D eigenvalue weighted by Gasteiger charge is -2.39. The summed E-state index contributed by atoms with van der Waals surface area (Å²) in [6.07, 6.45) is 4.34. The number of anilines is 1. The van der Waals surface area contributed by atoms with E-state index in [0.29, 0.717) is 53.2 Å².